The summed E-state index contributed by atoms with van der Waals surface area (Å²) in [5.41, 5.74) is 2.12. The van der Waals surface area contributed by atoms with Crippen molar-refractivity contribution in [3.63, 3.8) is 0 Å². The molecule has 1 aliphatic rings. The van der Waals surface area contributed by atoms with Gasteiger partial charge in [0.1, 0.15) is 0 Å². The summed E-state index contributed by atoms with van der Waals surface area (Å²) in [4.78, 5) is 23.1. The number of aliphatic hydroxyl groups is 1. The first-order chi connectivity index (χ1) is 8.63. The molecule has 0 bridgehead atoms. The highest BCUT2D eigenvalue weighted by Crippen LogP contribution is 2.23. The standard InChI is InChI=1S/C13H16N2O3/c1-2-10(7-16)14-13(18)8-3-4-11-9(5-8)6-12(17)15-11/h3-5,10,16H,2,6-7H2,1H3,(H,14,18)(H,15,17)/t10-/m0/s1. The molecule has 0 radical (unpaired) electrons. The van der Waals surface area contributed by atoms with E-state index >= 15 is 0 Å². The van der Waals surface area contributed by atoms with E-state index in [4.69, 9.17) is 5.11 Å². The topological polar surface area (TPSA) is 78.4 Å². The SMILES string of the molecule is CC[C@@H](CO)NC(=O)c1ccc2c(c1)CC(=O)N2. The number of rotatable bonds is 4. The molecule has 18 heavy (non-hydrogen) atoms. The molecule has 0 saturated heterocycles. The second kappa shape index (κ2) is 5.18. The molecule has 2 amide bonds. The zero-order chi connectivity index (χ0) is 13.1. The van der Waals surface area contributed by atoms with Crippen molar-refractivity contribution in [1.29, 1.82) is 0 Å². The average Bonchev–Trinajstić information content (AvgIpc) is 2.74. The molecule has 5 heteroatoms. The molecule has 1 aromatic rings. The Labute approximate surface area is 105 Å². The van der Waals surface area contributed by atoms with Crippen LogP contribution in [0.4, 0.5) is 5.69 Å². The third-order valence-electron chi connectivity index (χ3n) is 3.04. The smallest absolute Gasteiger partial charge is 0.251 e. The fraction of sp³-hybridized carbons (Fsp3) is 0.385. The van der Waals surface area contributed by atoms with Crippen LogP contribution >= 0.6 is 0 Å². The third kappa shape index (κ3) is 2.51. The summed E-state index contributed by atoms with van der Waals surface area (Å²) in [5.74, 6) is -0.276. The molecular formula is C13H16N2O3. The minimum atomic E-state index is -0.231. The summed E-state index contributed by atoms with van der Waals surface area (Å²) in [5, 5.41) is 14.5. The highest BCUT2D eigenvalue weighted by Gasteiger charge is 2.19. The van der Waals surface area contributed by atoms with Gasteiger partial charge in [-0.2, -0.15) is 0 Å². The summed E-state index contributed by atoms with van der Waals surface area (Å²) in [6, 6.07) is 4.89. The van der Waals surface area contributed by atoms with Gasteiger partial charge in [-0.3, -0.25) is 9.59 Å². The van der Waals surface area contributed by atoms with Gasteiger partial charge >= 0.3 is 0 Å². The van der Waals surface area contributed by atoms with Gasteiger partial charge in [0.25, 0.3) is 5.91 Å². The molecule has 2 rings (SSSR count). The molecular weight excluding hydrogens is 232 g/mol. The molecule has 0 aliphatic carbocycles. The number of anilines is 1. The predicted octanol–water partition coefficient (Wildman–Crippen LogP) is 0.682. The number of hydrogen-bond donors (Lipinski definition) is 3. The van der Waals surface area contributed by atoms with E-state index in [1.165, 1.54) is 0 Å². The molecule has 96 valence electrons. The van der Waals surface area contributed by atoms with Gasteiger partial charge < -0.3 is 15.7 Å². The van der Waals surface area contributed by atoms with E-state index in [-0.39, 0.29) is 24.5 Å². The lowest BCUT2D eigenvalue weighted by molar-refractivity contribution is -0.115. The lowest BCUT2D eigenvalue weighted by Gasteiger charge is -2.14. The van der Waals surface area contributed by atoms with Crippen molar-refractivity contribution < 1.29 is 14.7 Å². The maximum atomic E-state index is 11.9. The Balaban J connectivity index is 2.13. The Morgan fingerprint density at radius 1 is 1.56 bits per heavy atom. The van der Waals surface area contributed by atoms with Crippen molar-refractivity contribution in [1.82, 2.24) is 5.32 Å². The van der Waals surface area contributed by atoms with Crippen LogP contribution in [0.15, 0.2) is 18.2 Å². The number of aliphatic hydroxyl groups excluding tert-OH is 1. The number of carbonyl (C=O) groups excluding carboxylic acids is 2. The van der Waals surface area contributed by atoms with Crippen LogP contribution in [0.3, 0.4) is 0 Å². The number of nitrogens with one attached hydrogen (secondary N) is 2. The lowest BCUT2D eigenvalue weighted by Crippen LogP contribution is -2.36. The Morgan fingerprint density at radius 2 is 2.33 bits per heavy atom. The second-order valence-electron chi connectivity index (χ2n) is 4.36. The number of benzene rings is 1. The number of amides is 2. The van der Waals surface area contributed by atoms with Crippen LogP contribution in [0.5, 0.6) is 0 Å². The lowest BCUT2D eigenvalue weighted by atomic mass is 10.1. The van der Waals surface area contributed by atoms with Crippen LogP contribution in [0.25, 0.3) is 0 Å². The van der Waals surface area contributed by atoms with Crippen molar-refractivity contribution in [2.75, 3.05) is 11.9 Å². The highest BCUT2D eigenvalue weighted by molar-refractivity contribution is 6.01. The summed E-state index contributed by atoms with van der Waals surface area (Å²) in [6.07, 6.45) is 0.987. The normalized spacial score (nSPS) is 14.9. The summed E-state index contributed by atoms with van der Waals surface area (Å²) in [6.45, 7) is 1.82. The van der Waals surface area contributed by atoms with E-state index in [1.54, 1.807) is 18.2 Å². The van der Waals surface area contributed by atoms with Crippen LogP contribution in [-0.2, 0) is 11.2 Å². The van der Waals surface area contributed by atoms with Crippen LogP contribution < -0.4 is 10.6 Å². The predicted molar refractivity (Wildman–Crippen MR) is 67.4 cm³/mol. The molecule has 1 aliphatic heterocycles. The van der Waals surface area contributed by atoms with E-state index < -0.39 is 0 Å². The molecule has 0 unspecified atom stereocenters. The van der Waals surface area contributed by atoms with Gasteiger partial charge in [-0.25, -0.2) is 0 Å². The first kappa shape index (κ1) is 12.6. The zero-order valence-corrected chi connectivity index (χ0v) is 10.2. The molecule has 1 aromatic carbocycles. The maximum Gasteiger partial charge on any atom is 0.251 e. The Bertz CT molecular complexity index is 481. The van der Waals surface area contributed by atoms with Gasteiger partial charge in [0, 0.05) is 11.3 Å². The van der Waals surface area contributed by atoms with Crippen LogP contribution in [0.2, 0.25) is 0 Å². The second-order valence-corrected chi connectivity index (χ2v) is 4.36. The highest BCUT2D eigenvalue weighted by atomic mass is 16.3. The van der Waals surface area contributed by atoms with Gasteiger partial charge in [0.05, 0.1) is 19.1 Å². The molecule has 1 atom stereocenters. The van der Waals surface area contributed by atoms with Gasteiger partial charge in [-0.05, 0) is 30.2 Å². The monoisotopic (exact) mass is 248 g/mol. The van der Waals surface area contributed by atoms with Crippen LogP contribution in [-0.4, -0.2) is 29.6 Å². The van der Waals surface area contributed by atoms with E-state index in [1.807, 2.05) is 6.92 Å². The number of fused-ring (bicyclic) bond motifs is 1. The molecule has 5 nitrogen and oxygen atoms in total. The van der Waals surface area contributed by atoms with Gasteiger partial charge in [-0.1, -0.05) is 6.92 Å². The molecule has 1 heterocycles. The summed E-state index contributed by atoms with van der Waals surface area (Å²) >= 11 is 0. The Kier molecular flexibility index (Phi) is 3.62. The van der Waals surface area contributed by atoms with E-state index in [2.05, 4.69) is 10.6 Å². The van der Waals surface area contributed by atoms with Gasteiger partial charge in [-0.15, -0.1) is 0 Å². The van der Waals surface area contributed by atoms with Crippen molar-refractivity contribution >= 4 is 17.5 Å². The zero-order valence-electron chi connectivity index (χ0n) is 10.2. The summed E-state index contributed by atoms with van der Waals surface area (Å²) < 4.78 is 0. The van der Waals surface area contributed by atoms with Crippen LogP contribution in [0, 0.1) is 0 Å². The van der Waals surface area contributed by atoms with Crippen LogP contribution in [0.1, 0.15) is 29.3 Å². The average molecular weight is 248 g/mol. The van der Waals surface area contributed by atoms with Gasteiger partial charge in [0.15, 0.2) is 0 Å². The number of carbonyl (C=O) groups is 2. The van der Waals surface area contributed by atoms with Crippen molar-refractivity contribution in [3.05, 3.63) is 29.3 Å². The van der Waals surface area contributed by atoms with E-state index in [9.17, 15) is 9.59 Å². The van der Waals surface area contributed by atoms with E-state index in [0.29, 0.717) is 18.4 Å². The largest absolute Gasteiger partial charge is 0.394 e. The van der Waals surface area contributed by atoms with Gasteiger partial charge in [0.2, 0.25) is 5.91 Å². The van der Waals surface area contributed by atoms with Crippen molar-refractivity contribution in [2.45, 2.75) is 25.8 Å². The molecule has 3 N–H and O–H groups in total. The quantitative estimate of drug-likeness (QED) is 0.733. The molecule has 0 spiro atoms. The first-order valence-electron chi connectivity index (χ1n) is 5.98. The fourth-order valence-corrected chi connectivity index (χ4v) is 1.92. The summed E-state index contributed by atoms with van der Waals surface area (Å²) in [7, 11) is 0. The maximum absolute atomic E-state index is 11.9. The minimum Gasteiger partial charge on any atom is -0.394 e. The molecule has 0 fully saturated rings. The third-order valence-corrected chi connectivity index (χ3v) is 3.04. The van der Waals surface area contributed by atoms with Crippen molar-refractivity contribution in [3.8, 4) is 0 Å². The van der Waals surface area contributed by atoms with E-state index in [0.717, 1.165) is 11.3 Å². The Hall–Kier alpha value is -1.88. The number of hydrogen-bond acceptors (Lipinski definition) is 3. The minimum absolute atomic E-state index is 0.0515. The van der Waals surface area contributed by atoms with Crippen molar-refractivity contribution in [2.24, 2.45) is 0 Å². The first-order valence-corrected chi connectivity index (χ1v) is 5.98. The Morgan fingerprint density at radius 3 is 3.00 bits per heavy atom. The fourth-order valence-electron chi connectivity index (χ4n) is 1.92. The molecule has 0 saturated carbocycles. The molecule has 0 aromatic heterocycles.